The van der Waals surface area contributed by atoms with Crippen molar-refractivity contribution in [2.45, 2.75) is 64.6 Å². The van der Waals surface area contributed by atoms with Crippen molar-refractivity contribution in [3.63, 3.8) is 0 Å². The molecule has 2 unspecified atom stereocenters. The molecule has 1 aromatic heterocycles. The molecule has 0 N–H and O–H groups in total. The Morgan fingerprint density at radius 1 is 1.29 bits per heavy atom. The van der Waals surface area contributed by atoms with E-state index >= 15 is 0 Å². The Hall–Kier alpha value is -1.43. The summed E-state index contributed by atoms with van der Waals surface area (Å²) in [5.74, 6) is 1.67. The van der Waals surface area contributed by atoms with E-state index in [1.54, 1.807) is 6.92 Å². The molecule has 6 nitrogen and oxygen atoms in total. The van der Waals surface area contributed by atoms with Gasteiger partial charge in [0.1, 0.15) is 0 Å². The average Bonchev–Trinajstić information content (AvgIpc) is 3.18. The highest BCUT2D eigenvalue weighted by Gasteiger charge is 2.39. The van der Waals surface area contributed by atoms with Gasteiger partial charge >= 0.3 is 0 Å². The molecule has 3 rings (SSSR count). The molecule has 2 aliphatic heterocycles. The number of hydrogen-bond donors (Lipinski definition) is 0. The SMILES string of the molecule is CCc1noc(CN2CCCC2C2CCCN2C(C)=O)n1. The predicted molar refractivity (Wildman–Crippen MR) is 77.5 cm³/mol. The first-order chi connectivity index (χ1) is 10.2. The Labute approximate surface area is 125 Å². The molecular formula is C15H24N4O2. The highest BCUT2D eigenvalue weighted by atomic mass is 16.5. The Kier molecular flexibility index (Phi) is 4.24. The van der Waals surface area contributed by atoms with E-state index in [0.717, 1.165) is 44.6 Å². The van der Waals surface area contributed by atoms with E-state index in [1.165, 1.54) is 6.42 Å². The van der Waals surface area contributed by atoms with E-state index in [0.29, 0.717) is 24.5 Å². The van der Waals surface area contributed by atoms with Crippen LogP contribution in [0.1, 0.15) is 51.2 Å². The third-order valence-electron chi connectivity index (χ3n) is 4.73. The Bertz CT molecular complexity index is 502. The molecule has 2 atom stereocenters. The first-order valence-corrected chi connectivity index (χ1v) is 8.01. The summed E-state index contributed by atoms with van der Waals surface area (Å²) in [5.41, 5.74) is 0. The van der Waals surface area contributed by atoms with Crippen LogP contribution in [0, 0.1) is 0 Å². The Morgan fingerprint density at radius 2 is 2.05 bits per heavy atom. The van der Waals surface area contributed by atoms with Crippen LogP contribution in [0.25, 0.3) is 0 Å². The standard InChI is InChI=1S/C15H24N4O2/c1-3-14-16-15(21-17-14)10-18-8-4-6-12(18)13-7-5-9-19(13)11(2)20/h12-13H,3-10H2,1-2H3. The lowest BCUT2D eigenvalue weighted by atomic mass is 10.0. The van der Waals surface area contributed by atoms with Crippen molar-refractivity contribution in [2.24, 2.45) is 0 Å². The van der Waals surface area contributed by atoms with Gasteiger partial charge in [-0.1, -0.05) is 12.1 Å². The highest BCUT2D eigenvalue weighted by molar-refractivity contribution is 5.74. The molecule has 1 aromatic rings. The van der Waals surface area contributed by atoms with E-state index in [2.05, 4.69) is 15.0 Å². The number of amides is 1. The van der Waals surface area contributed by atoms with Gasteiger partial charge in [0.2, 0.25) is 11.8 Å². The van der Waals surface area contributed by atoms with E-state index in [1.807, 2.05) is 11.8 Å². The normalized spacial score (nSPS) is 26.7. The molecule has 0 radical (unpaired) electrons. The molecular weight excluding hydrogens is 268 g/mol. The van der Waals surface area contributed by atoms with Crippen molar-refractivity contribution in [3.05, 3.63) is 11.7 Å². The lowest BCUT2D eigenvalue weighted by Gasteiger charge is -2.33. The smallest absolute Gasteiger partial charge is 0.240 e. The molecule has 0 spiro atoms. The van der Waals surface area contributed by atoms with Gasteiger partial charge < -0.3 is 9.42 Å². The summed E-state index contributed by atoms with van der Waals surface area (Å²) >= 11 is 0. The van der Waals surface area contributed by atoms with Crippen LogP contribution in [0.4, 0.5) is 0 Å². The van der Waals surface area contributed by atoms with Gasteiger partial charge in [0.15, 0.2) is 5.82 Å². The number of rotatable bonds is 4. The van der Waals surface area contributed by atoms with Crippen molar-refractivity contribution < 1.29 is 9.32 Å². The van der Waals surface area contributed by atoms with E-state index in [-0.39, 0.29) is 5.91 Å². The van der Waals surface area contributed by atoms with Gasteiger partial charge in [0, 0.05) is 32.0 Å². The quantitative estimate of drug-likeness (QED) is 0.843. The number of carbonyl (C=O) groups excluding carboxylic acids is 1. The predicted octanol–water partition coefficient (Wildman–Crippen LogP) is 1.61. The number of hydrogen-bond acceptors (Lipinski definition) is 5. The van der Waals surface area contributed by atoms with Crippen LogP contribution in [0.3, 0.4) is 0 Å². The fraction of sp³-hybridized carbons (Fsp3) is 0.800. The van der Waals surface area contributed by atoms with E-state index in [4.69, 9.17) is 4.52 Å². The molecule has 2 saturated heterocycles. The zero-order valence-electron chi connectivity index (χ0n) is 12.9. The van der Waals surface area contributed by atoms with Crippen LogP contribution in [0.2, 0.25) is 0 Å². The summed E-state index contributed by atoms with van der Waals surface area (Å²) < 4.78 is 5.32. The maximum atomic E-state index is 11.8. The molecule has 1 amide bonds. The van der Waals surface area contributed by atoms with Crippen molar-refractivity contribution in [1.29, 1.82) is 0 Å². The van der Waals surface area contributed by atoms with Crippen molar-refractivity contribution in [3.8, 4) is 0 Å². The lowest BCUT2D eigenvalue weighted by Crippen LogP contribution is -2.47. The molecule has 2 fully saturated rings. The van der Waals surface area contributed by atoms with Crippen molar-refractivity contribution in [2.75, 3.05) is 13.1 Å². The number of likely N-dealkylation sites (tertiary alicyclic amines) is 2. The van der Waals surface area contributed by atoms with Gasteiger partial charge in [-0.2, -0.15) is 4.98 Å². The monoisotopic (exact) mass is 292 g/mol. The van der Waals surface area contributed by atoms with Gasteiger partial charge in [-0.15, -0.1) is 0 Å². The molecule has 116 valence electrons. The van der Waals surface area contributed by atoms with Crippen LogP contribution in [-0.4, -0.2) is 51.0 Å². The lowest BCUT2D eigenvalue weighted by molar-refractivity contribution is -0.130. The molecule has 2 aliphatic rings. The third kappa shape index (κ3) is 2.95. The van der Waals surface area contributed by atoms with E-state index < -0.39 is 0 Å². The fourth-order valence-electron chi connectivity index (χ4n) is 3.74. The zero-order chi connectivity index (χ0) is 14.8. The maximum Gasteiger partial charge on any atom is 0.240 e. The molecule has 21 heavy (non-hydrogen) atoms. The van der Waals surface area contributed by atoms with Gasteiger partial charge in [0.05, 0.1) is 6.54 Å². The number of carbonyl (C=O) groups is 1. The third-order valence-corrected chi connectivity index (χ3v) is 4.73. The summed E-state index contributed by atoms with van der Waals surface area (Å²) in [6, 6.07) is 0.798. The Morgan fingerprint density at radius 3 is 2.76 bits per heavy atom. The maximum absolute atomic E-state index is 11.8. The van der Waals surface area contributed by atoms with E-state index in [9.17, 15) is 4.79 Å². The summed E-state index contributed by atoms with van der Waals surface area (Å²) in [5, 5.41) is 3.97. The number of aromatic nitrogens is 2. The molecule has 0 aliphatic carbocycles. The molecule has 3 heterocycles. The van der Waals surface area contributed by atoms with Gasteiger partial charge in [-0.05, 0) is 32.2 Å². The molecule has 0 aromatic carbocycles. The second-order valence-electron chi connectivity index (χ2n) is 6.06. The van der Waals surface area contributed by atoms with Crippen LogP contribution in [0.15, 0.2) is 4.52 Å². The highest BCUT2D eigenvalue weighted by Crippen LogP contribution is 2.30. The second kappa shape index (κ2) is 6.13. The largest absolute Gasteiger partial charge is 0.338 e. The summed E-state index contributed by atoms with van der Waals surface area (Å²) in [6.07, 6.45) is 5.37. The molecule has 6 heteroatoms. The fourth-order valence-corrected chi connectivity index (χ4v) is 3.74. The summed E-state index contributed by atoms with van der Waals surface area (Å²) in [4.78, 5) is 20.7. The molecule has 0 saturated carbocycles. The molecule has 0 bridgehead atoms. The van der Waals surface area contributed by atoms with Gasteiger partial charge in [0.25, 0.3) is 0 Å². The summed E-state index contributed by atoms with van der Waals surface area (Å²) in [6.45, 7) is 6.38. The first kappa shape index (κ1) is 14.5. The minimum atomic E-state index is 0.204. The van der Waals surface area contributed by atoms with Crippen LogP contribution in [0.5, 0.6) is 0 Å². The number of aryl methyl sites for hydroxylation is 1. The zero-order valence-corrected chi connectivity index (χ0v) is 12.9. The van der Waals surface area contributed by atoms with Crippen LogP contribution < -0.4 is 0 Å². The van der Waals surface area contributed by atoms with Gasteiger partial charge in [-0.25, -0.2) is 0 Å². The van der Waals surface area contributed by atoms with Crippen LogP contribution in [-0.2, 0) is 17.8 Å². The minimum absolute atomic E-state index is 0.204. The van der Waals surface area contributed by atoms with Gasteiger partial charge in [-0.3, -0.25) is 9.69 Å². The van der Waals surface area contributed by atoms with Crippen LogP contribution >= 0.6 is 0 Å². The Balaban J connectivity index is 1.68. The topological polar surface area (TPSA) is 62.5 Å². The number of nitrogens with zero attached hydrogens (tertiary/aromatic N) is 4. The second-order valence-corrected chi connectivity index (χ2v) is 6.06. The van der Waals surface area contributed by atoms with Crippen molar-refractivity contribution in [1.82, 2.24) is 19.9 Å². The minimum Gasteiger partial charge on any atom is -0.338 e. The summed E-state index contributed by atoms with van der Waals surface area (Å²) in [7, 11) is 0. The first-order valence-electron chi connectivity index (χ1n) is 8.01. The average molecular weight is 292 g/mol. The van der Waals surface area contributed by atoms with Crippen molar-refractivity contribution >= 4 is 5.91 Å².